The average molecular weight is 470 g/mol. The van der Waals surface area contributed by atoms with Gasteiger partial charge in [0.1, 0.15) is 0 Å². The SMILES string of the molecule is CC(=O)N1CCN(S(=O)(=O)c2cccc(C(=O)Nc3ccccc3-c3noc(C)n3)c2)CC1. The minimum Gasteiger partial charge on any atom is -0.340 e. The minimum absolute atomic E-state index is 0.0218. The Morgan fingerprint density at radius 2 is 1.76 bits per heavy atom. The van der Waals surface area contributed by atoms with Crippen LogP contribution in [0.3, 0.4) is 0 Å². The lowest BCUT2D eigenvalue weighted by atomic mass is 10.1. The molecular weight excluding hydrogens is 446 g/mol. The highest BCUT2D eigenvalue weighted by Gasteiger charge is 2.29. The smallest absolute Gasteiger partial charge is 0.255 e. The molecule has 0 unspecified atom stereocenters. The van der Waals surface area contributed by atoms with Crippen molar-refractivity contribution < 1.29 is 22.5 Å². The van der Waals surface area contributed by atoms with Crippen LogP contribution in [0.5, 0.6) is 0 Å². The highest BCUT2D eigenvalue weighted by atomic mass is 32.2. The third-order valence-corrected chi connectivity index (χ3v) is 7.26. The third-order valence-electron chi connectivity index (χ3n) is 5.36. The average Bonchev–Trinajstić information content (AvgIpc) is 3.25. The van der Waals surface area contributed by atoms with Crippen LogP contribution in [-0.4, -0.2) is 65.8 Å². The Morgan fingerprint density at radius 1 is 1.03 bits per heavy atom. The molecular formula is C22H23N5O5S. The number of hydrogen-bond donors (Lipinski definition) is 1. The van der Waals surface area contributed by atoms with E-state index in [2.05, 4.69) is 15.5 Å². The Hall–Kier alpha value is -3.57. The molecule has 0 saturated carbocycles. The van der Waals surface area contributed by atoms with Crippen molar-refractivity contribution in [3.8, 4) is 11.4 Å². The van der Waals surface area contributed by atoms with E-state index in [0.717, 1.165) is 0 Å². The predicted octanol–water partition coefficient (Wildman–Crippen LogP) is 2.15. The molecule has 0 spiro atoms. The Bertz CT molecular complexity index is 1300. The van der Waals surface area contributed by atoms with E-state index in [4.69, 9.17) is 4.52 Å². The fraction of sp³-hybridized carbons (Fsp3) is 0.273. The topological polar surface area (TPSA) is 126 Å². The van der Waals surface area contributed by atoms with Gasteiger partial charge in [0.05, 0.1) is 10.6 Å². The fourth-order valence-electron chi connectivity index (χ4n) is 3.58. The molecule has 2 heterocycles. The van der Waals surface area contributed by atoms with E-state index in [1.807, 2.05) is 0 Å². The number of amides is 2. The van der Waals surface area contributed by atoms with Crippen molar-refractivity contribution in [2.45, 2.75) is 18.7 Å². The summed E-state index contributed by atoms with van der Waals surface area (Å²) in [7, 11) is -3.81. The number of anilines is 1. The van der Waals surface area contributed by atoms with Crippen LogP contribution in [0.2, 0.25) is 0 Å². The number of nitrogens with zero attached hydrogens (tertiary/aromatic N) is 4. The highest BCUT2D eigenvalue weighted by molar-refractivity contribution is 7.89. The van der Waals surface area contributed by atoms with Crippen LogP contribution in [0.4, 0.5) is 5.69 Å². The number of carbonyl (C=O) groups excluding carboxylic acids is 2. The maximum Gasteiger partial charge on any atom is 0.255 e. The molecule has 10 nitrogen and oxygen atoms in total. The summed E-state index contributed by atoms with van der Waals surface area (Å²) in [6.07, 6.45) is 0. The van der Waals surface area contributed by atoms with Crippen LogP contribution >= 0.6 is 0 Å². The van der Waals surface area contributed by atoms with E-state index in [0.29, 0.717) is 36.1 Å². The molecule has 1 fully saturated rings. The summed E-state index contributed by atoms with van der Waals surface area (Å²) in [6, 6.07) is 12.9. The van der Waals surface area contributed by atoms with Crippen molar-refractivity contribution in [1.82, 2.24) is 19.3 Å². The standard InChI is InChI=1S/C22H23N5O5S/c1-15-23-21(25-32-15)19-8-3-4-9-20(19)24-22(29)17-6-5-7-18(14-17)33(30,31)27-12-10-26(11-13-27)16(2)28/h3-9,14H,10-13H2,1-2H3,(H,24,29). The van der Waals surface area contributed by atoms with Gasteiger partial charge in [-0.2, -0.15) is 9.29 Å². The minimum atomic E-state index is -3.81. The Kier molecular flexibility index (Phi) is 6.25. The van der Waals surface area contributed by atoms with Crippen LogP contribution in [0.15, 0.2) is 57.9 Å². The molecule has 1 aliphatic rings. The summed E-state index contributed by atoms with van der Waals surface area (Å²) in [5, 5.41) is 6.69. The third kappa shape index (κ3) is 4.78. The first kappa shape index (κ1) is 22.6. The first-order valence-electron chi connectivity index (χ1n) is 10.3. The lowest BCUT2D eigenvalue weighted by molar-refractivity contribution is -0.129. The summed E-state index contributed by atoms with van der Waals surface area (Å²) in [6.45, 7) is 4.21. The number of hydrogen-bond acceptors (Lipinski definition) is 7. The van der Waals surface area contributed by atoms with Gasteiger partial charge in [-0.1, -0.05) is 23.4 Å². The van der Waals surface area contributed by atoms with Crippen LogP contribution in [0, 0.1) is 6.92 Å². The van der Waals surface area contributed by atoms with Crippen molar-refractivity contribution in [2.75, 3.05) is 31.5 Å². The van der Waals surface area contributed by atoms with Crippen molar-refractivity contribution in [3.63, 3.8) is 0 Å². The molecule has 172 valence electrons. The van der Waals surface area contributed by atoms with Crippen molar-refractivity contribution in [1.29, 1.82) is 0 Å². The zero-order valence-electron chi connectivity index (χ0n) is 18.2. The molecule has 4 rings (SSSR count). The number of benzene rings is 2. The molecule has 1 N–H and O–H groups in total. The van der Waals surface area contributed by atoms with Gasteiger partial charge in [-0.15, -0.1) is 0 Å². The predicted molar refractivity (Wildman–Crippen MR) is 120 cm³/mol. The van der Waals surface area contributed by atoms with E-state index in [9.17, 15) is 18.0 Å². The van der Waals surface area contributed by atoms with E-state index >= 15 is 0 Å². The second-order valence-corrected chi connectivity index (χ2v) is 9.51. The molecule has 1 aromatic heterocycles. The molecule has 0 radical (unpaired) electrons. The molecule has 0 aliphatic carbocycles. The van der Waals surface area contributed by atoms with Gasteiger partial charge in [-0.25, -0.2) is 8.42 Å². The lowest BCUT2D eigenvalue weighted by Gasteiger charge is -2.33. The largest absolute Gasteiger partial charge is 0.340 e. The van der Waals surface area contributed by atoms with Crippen molar-refractivity contribution in [2.24, 2.45) is 0 Å². The first-order chi connectivity index (χ1) is 15.8. The Labute approximate surface area is 191 Å². The zero-order valence-corrected chi connectivity index (χ0v) is 19.0. The molecule has 0 bridgehead atoms. The summed E-state index contributed by atoms with van der Waals surface area (Å²) in [4.78, 5) is 30.3. The molecule has 11 heteroatoms. The Balaban J connectivity index is 1.54. The molecule has 3 aromatic rings. The molecule has 0 atom stereocenters. The lowest BCUT2D eigenvalue weighted by Crippen LogP contribution is -2.49. The zero-order chi connectivity index (χ0) is 23.6. The van der Waals surface area contributed by atoms with Crippen LogP contribution in [0.1, 0.15) is 23.2 Å². The summed E-state index contributed by atoms with van der Waals surface area (Å²) >= 11 is 0. The maximum atomic E-state index is 13.1. The van der Waals surface area contributed by atoms with Gasteiger partial charge in [0, 0.05) is 51.2 Å². The van der Waals surface area contributed by atoms with Crippen molar-refractivity contribution in [3.05, 3.63) is 60.0 Å². The number of sulfonamides is 1. The van der Waals surface area contributed by atoms with Crippen LogP contribution < -0.4 is 5.32 Å². The summed E-state index contributed by atoms with van der Waals surface area (Å²) in [5.41, 5.74) is 1.24. The van der Waals surface area contributed by atoms with Gasteiger partial charge in [-0.05, 0) is 30.3 Å². The number of piperazine rings is 1. The quantitative estimate of drug-likeness (QED) is 0.607. The maximum absolute atomic E-state index is 13.1. The first-order valence-corrected chi connectivity index (χ1v) is 11.8. The number of para-hydroxylation sites is 1. The molecule has 2 aromatic carbocycles. The number of rotatable bonds is 5. The van der Waals surface area contributed by atoms with Crippen molar-refractivity contribution >= 4 is 27.5 Å². The fourth-order valence-corrected chi connectivity index (χ4v) is 5.05. The van der Waals surface area contributed by atoms with E-state index in [1.54, 1.807) is 42.2 Å². The Morgan fingerprint density at radius 3 is 2.42 bits per heavy atom. The highest BCUT2D eigenvalue weighted by Crippen LogP contribution is 2.26. The van der Waals surface area contributed by atoms with Gasteiger partial charge in [0.2, 0.25) is 27.6 Å². The van der Waals surface area contributed by atoms with Crippen LogP contribution in [0.25, 0.3) is 11.4 Å². The van der Waals surface area contributed by atoms with E-state index in [1.165, 1.54) is 29.4 Å². The van der Waals surface area contributed by atoms with Gasteiger partial charge >= 0.3 is 0 Å². The van der Waals surface area contributed by atoms with E-state index in [-0.39, 0.29) is 29.5 Å². The second kappa shape index (κ2) is 9.12. The van der Waals surface area contributed by atoms with Gasteiger partial charge in [0.15, 0.2) is 0 Å². The van der Waals surface area contributed by atoms with Gasteiger partial charge in [0.25, 0.3) is 5.91 Å². The molecule has 1 saturated heterocycles. The number of aromatic nitrogens is 2. The number of nitrogens with one attached hydrogen (secondary N) is 1. The molecule has 33 heavy (non-hydrogen) atoms. The monoisotopic (exact) mass is 469 g/mol. The van der Waals surface area contributed by atoms with Gasteiger partial charge < -0.3 is 14.7 Å². The van der Waals surface area contributed by atoms with Crippen LogP contribution in [-0.2, 0) is 14.8 Å². The summed E-state index contributed by atoms with van der Waals surface area (Å²) in [5.74, 6) is 0.181. The molecule has 1 aliphatic heterocycles. The number of carbonyl (C=O) groups is 2. The van der Waals surface area contributed by atoms with E-state index < -0.39 is 15.9 Å². The molecule has 2 amide bonds. The summed E-state index contributed by atoms with van der Waals surface area (Å²) < 4.78 is 32.6. The number of aryl methyl sites for hydroxylation is 1. The normalized spacial score (nSPS) is 14.8. The van der Waals surface area contributed by atoms with Gasteiger partial charge in [-0.3, -0.25) is 9.59 Å². The second-order valence-electron chi connectivity index (χ2n) is 7.57.